The second kappa shape index (κ2) is 8.93. The van der Waals surface area contributed by atoms with Crippen LogP contribution < -0.4 is 0 Å². The lowest BCUT2D eigenvalue weighted by Crippen LogP contribution is -2.09. The van der Waals surface area contributed by atoms with E-state index in [1.54, 1.807) is 7.11 Å². The molecule has 0 unspecified atom stereocenters. The Labute approximate surface area is 187 Å². The van der Waals surface area contributed by atoms with E-state index < -0.39 is 0 Å². The Morgan fingerprint density at radius 1 is 1.30 bits per heavy atom. The number of carbonyl (C=O) groups excluding carboxylic acids is 1. The van der Waals surface area contributed by atoms with E-state index in [2.05, 4.69) is 14.8 Å². The summed E-state index contributed by atoms with van der Waals surface area (Å²) in [7, 11) is 1.67. The maximum atomic E-state index is 12.8. The number of ketones is 1. The molecule has 0 aliphatic heterocycles. The quantitative estimate of drug-likeness (QED) is 0.249. The first-order chi connectivity index (χ1) is 14.5. The molecule has 0 saturated heterocycles. The number of hydrogen-bond acceptors (Lipinski definition) is 7. The van der Waals surface area contributed by atoms with Gasteiger partial charge in [-0.25, -0.2) is 0 Å². The third-order valence-corrected chi connectivity index (χ3v) is 7.34. The van der Waals surface area contributed by atoms with E-state index in [4.69, 9.17) is 20.8 Å². The minimum absolute atomic E-state index is 0.0245. The monoisotopic (exact) mass is 461 g/mol. The molecule has 3 aromatic heterocycles. The number of methoxy groups -OCH3 is 1. The molecule has 4 rings (SSSR count). The SMILES string of the molecule is COCCn1c(C)cc(C(=O)CSc2nnc(-c3sc4ccccc4c3Cl)o2)c1C. The van der Waals surface area contributed by atoms with E-state index >= 15 is 0 Å². The van der Waals surface area contributed by atoms with Crippen molar-refractivity contribution in [2.75, 3.05) is 19.5 Å². The van der Waals surface area contributed by atoms with E-state index in [0.717, 1.165) is 32.9 Å². The van der Waals surface area contributed by atoms with Gasteiger partial charge in [0, 0.05) is 40.7 Å². The fourth-order valence-corrected chi connectivity index (χ4v) is 5.41. The molecule has 0 bridgehead atoms. The maximum Gasteiger partial charge on any atom is 0.277 e. The highest BCUT2D eigenvalue weighted by Gasteiger charge is 2.20. The van der Waals surface area contributed by atoms with Crippen molar-refractivity contribution in [3.63, 3.8) is 0 Å². The zero-order valence-corrected chi connectivity index (χ0v) is 19.2. The zero-order valence-electron chi connectivity index (χ0n) is 16.8. The van der Waals surface area contributed by atoms with Crippen molar-refractivity contribution in [1.29, 1.82) is 0 Å². The number of aryl methyl sites for hydroxylation is 1. The van der Waals surface area contributed by atoms with Crippen LogP contribution in [0.4, 0.5) is 0 Å². The summed E-state index contributed by atoms with van der Waals surface area (Å²) in [4.78, 5) is 13.5. The van der Waals surface area contributed by atoms with Crippen LogP contribution in [0.15, 0.2) is 40.0 Å². The van der Waals surface area contributed by atoms with Gasteiger partial charge in [0.05, 0.1) is 17.4 Å². The van der Waals surface area contributed by atoms with Gasteiger partial charge >= 0.3 is 0 Å². The molecule has 0 fully saturated rings. The minimum Gasteiger partial charge on any atom is -0.410 e. The maximum absolute atomic E-state index is 12.8. The number of ether oxygens (including phenoxy) is 1. The van der Waals surface area contributed by atoms with E-state index in [0.29, 0.717) is 28.3 Å². The van der Waals surface area contributed by atoms with Crippen molar-refractivity contribution < 1.29 is 13.9 Å². The van der Waals surface area contributed by atoms with Gasteiger partial charge in [-0.1, -0.05) is 41.6 Å². The molecule has 0 aliphatic carbocycles. The Bertz CT molecular complexity index is 1210. The number of thioether (sulfide) groups is 1. The summed E-state index contributed by atoms with van der Waals surface area (Å²) < 4.78 is 14.1. The van der Waals surface area contributed by atoms with Crippen LogP contribution in [0.1, 0.15) is 21.7 Å². The summed E-state index contributed by atoms with van der Waals surface area (Å²) >= 11 is 9.23. The molecule has 9 heteroatoms. The van der Waals surface area contributed by atoms with Crippen LogP contribution in [0, 0.1) is 13.8 Å². The summed E-state index contributed by atoms with van der Waals surface area (Å²) in [5.41, 5.74) is 2.69. The lowest BCUT2D eigenvalue weighted by atomic mass is 10.2. The molecule has 156 valence electrons. The predicted molar refractivity (Wildman–Crippen MR) is 121 cm³/mol. The van der Waals surface area contributed by atoms with Gasteiger partial charge in [0.1, 0.15) is 4.88 Å². The molecule has 0 saturated carbocycles. The van der Waals surface area contributed by atoms with Crippen LogP contribution in [0.25, 0.3) is 20.9 Å². The summed E-state index contributed by atoms with van der Waals surface area (Å²) in [5, 5.41) is 10.1. The van der Waals surface area contributed by atoms with E-state index in [1.165, 1.54) is 23.1 Å². The average Bonchev–Trinajstić information content (AvgIpc) is 3.42. The normalized spacial score (nSPS) is 11.5. The number of halogens is 1. The molecule has 0 spiro atoms. The Morgan fingerprint density at radius 3 is 2.87 bits per heavy atom. The van der Waals surface area contributed by atoms with Crippen LogP contribution in [0.5, 0.6) is 0 Å². The van der Waals surface area contributed by atoms with Crippen LogP contribution in [0.3, 0.4) is 0 Å². The fourth-order valence-electron chi connectivity index (χ4n) is 3.33. The number of fused-ring (bicyclic) bond motifs is 1. The highest BCUT2D eigenvalue weighted by atomic mass is 35.5. The lowest BCUT2D eigenvalue weighted by molar-refractivity contribution is 0.102. The van der Waals surface area contributed by atoms with Crippen molar-refractivity contribution in [3.8, 4) is 10.8 Å². The van der Waals surface area contributed by atoms with Gasteiger partial charge in [0.15, 0.2) is 5.78 Å². The summed E-state index contributed by atoms with van der Waals surface area (Å²) in [5.74, 6) is 0.612. The van der Waals surface area contributed by atoms with Gasteiger partial charge in [0.2, 0.25) is 0 Å². The first-order valence-corrected chi connectivity index (χ1v) is 11.5. The molecule has 6 nitrogen and oxygen atoms in total. The van der Waals surface area contributed by atoms with Gasteiger partial charge < -0.3 is 13.7 Å². The van der Waals surface area contributed by atoms with Crippen molar-refractivity contribution >= 4 is 50.6 Å². The molecular weight excluding hydrogens is 442 g/mol. The van der Waals surface area contributed by atoms with Crippen LogP contribution >= 0.6 is 34.7 Å². The van der Waals surface area contributed by atoms with E-state index in [1.807, 2.05) is 44.2 Å². The van der Waals surface area contributed by atoms with Crippen molar-refractivity contribution in [2.45, 2.75) is 25.6 Å². The Kier molecular flexibility index (Phi) is 6.29. The molecule has 4 aromatic rings. The van der Waals surface area contributed by atoms with E-state index in [9.17, 15) is 4.79 Å². The number of rotatable bonds is 8. The number of hydrogen-bond donors (Lipinski definition) is 0. The van der Waals surface area contributed by atoms with Gasteiger partial charge in [-0.15, -0.1) is 21.5 Å². The Balaban J connectivity index is 1.47. The lowest BCUT2D eigenvalue weighted by Gasteiger charge is -2.08. The minimum atomic E-state index is 0.0245. The Hall–Kier alpha value is -2.13. The molecule has 0 N–H and O–H groups in total. The number of aromatic nitrogens is 3. The number of thiophene rings is 1. The molecule has 0 radical (unpaired) electrons. The third-order valence-electron chi connectivity index (χ3n) is 4.86. The Morgan fingerprint density at radius 2 is 2.10 bits per heavy atom. The molecular formula is C21H20ClN3O3S2. The van der Waals surface area contributed by atoms with Gasteiger partial charge in [-0.05, 0) is 26.0 Å². The van der Waals surface area contributed by atoms with E-state index in [-0.39, 0.29) is 11.5 Å². The zero-order chi connectivity index (χ0) is 21.3. The highest BCUT2D eigenvalue weighted by molar-refractivity contribution is 7.99. The molecule has 0 amide bonds. The topological polar surface area (TPSA) is 70.2 Å². The number of nitrogens with zero attached hydrogens (tertiary/aromatic N) is 3. The third kappa shape index (κ3) is 4.05. The van der Waals surface area contributed by atoms with Gasteiger partial charge in [-0.2, -0.15) is 0 Å². The molecule has 1 aromatic carbocycles. The predicted octanol–water partition coefficient (Wildman–Crippen LogP) is 5.64. The molecule has 30 heavy (non-hydrogen) atoms. The standard InChI is InChI=1S/C21H20ClN3O3S2/c1-12-10-15(13(2)25(12)8-9-27-3)16(26)11-29-21-24-23-20(28-21)19-18(22)14-6-4-5-7-17(14)30-19/h4-7,10H,8-9,11H2,1-3H3. The number of benzene rings is 1. The highest BCUT2D eigenvalue weighted by Crippen LogP contribution is 2.41. The number of carbonyl (C=O) groups is 1. The van der Waals surface area contributed by atoms with Crippen molar-refractivity contribution in [3.05, 3.63) is 52.3 Å². The second-order valence-corrected chi connectivity index (χ2v) is 9.11. The van der Waals surface area contributed by atoms with Crippen molar-refractivity contribution in [1.82, 2.24) is 14.8 Å². The summed E-state index contributed by atoms with van der Waals surface area (Å²) in [6.45, 7) is 5.27. The first kappa shape index (κ1) is 21.1. The van der Waals surface area contributed by atoms with Crippen LogP contribution in [0.2, 0.25) is 5.02 Å². The first-order valence-electron chi connectivity index (χ1n) is 9.32. The molecule has 0 aliphatic rings. The second-order valence-electron chi connectivity index (χ2n) is 6.76. The number of Topliss-reactive ketones (excluding diaryl/α,β-unsaturated/α-hetero) is 1. The molecule has 0 atom stereocenters. The van der Waals surface area contributed by atoms with Gasteiger partial charge in [-0.3, -0.25) is 4.79 Å². The average molecular weight is 462 g/mol. The van der Waals surface area contributed by atoms with Gasteiger partial charge in [0.25, 0.3) is 11.1 Å². The largest absolute Gasteiger partial charge is 0.410 e. The summed E-state index contributed by atoms with van der Waals surface area (Å²) in [6.07, 6.45) is 0. The summed E-state index contributed by atoms with van der Waals surface area (Å²) in [6, 6.07) is 9.79. The fraction of sp³-hybridized carbons (Fsp3) is 0.286. The van der Waals surface area contributed by atoms with Crippen LogP contribution in [-0.2, 0) is 11.3 Å². The van der Waals surface area contributed by atoms with Crippen molar-refractivity contribution in [2.24, 2.45) is 0 Å². The smallest absolute Gasteiger partial charge is 0.277 e. The molecule has 3 heterocycles. The van der Waals surface area contributed by atoms with Crippen LogP contribution in [-0.4, -0.2) is 40.0 Å².